The van der Waals surface area contributed by atoms with E-state index in [-0.39, 0.29) is 12.1 Å². The largest absolute Gasteiger partial charge is 0.466 e. The summed E-state index contributed by atoms with van der Waals surface area (Å²) in [7, 11) is 0. The smallest absolute Gasteiger partial charge is 0.315 e. The molecule has 0 unspecified atom stereocenters. The highest BCUT2D eigenvalue weighted by Crippen LogP contribution is 2.20. The van der Waals surface area contributed by atoms with Crippen LogP contribution in [0.3, 0.4) is 0 Å². The molecule has 2 aromatic rings. The van der Waals surface area contributed by atoms with Gasteiger partial charge in [-0.05, 0) is 38.5 Å². The lowest BCUT2D eigenvalue weighted by molar-refractivity contribution is 0.237. The number of hydrogen-bond acceptors (Lipinski definition) is 3. The van der Waals surface area contributed by atoms with Crippen molar-refractivity contribution < 1.29 is 9.21 Å². The van der Waals surface area contributed by atoms with Crippen LogP contribution in [-0.4, -0.2) is 11.0 Å². The van der Waals surface area contributed by atoms with Gasteiger partial charge in [0.2, 0.25) is 0 Å². The van der Waals surface area contributed by atoms with E-state index in [9.17, 15) is 4.79 Å². The normalized spacial score (nSPS) is 11.9. The van der Waals surface area contributed by atoms with Gasteiger partial charge in [0.1, 0.15) is 11.5 Å². The fraction of sp³-hybridized carbons (Fsp3) is 0.333. The number of rotatable bonds is 4. The lowest BCUT2D eigenvalue weighted by Crippen LogP contribution is -2.36. The molecule has 20 heavy (non-hydrogen) atoms. The van der Waals surface area contributed by atoms with Crippen molar-refractivity contribution in [3.8, 4) is 0 Å². The lowest BCUT2D eigenvalue weighted by atomic mass is 10.1. The van der Waals surface area contributed by atoms with E-state index in [4.69, 9.17) is 4.42 Å². The minimum absolute atomic E-state index is 0.0960. The maximum absolute atomic E-state index is 11.8. The van der Waals surface area contributed by atoms with Gasteiger partial charge in [-0.25, -0.2) is 4.79 Å². The van der Waals surface area contributed by atoms with Crippen molar-refractivity contribution in [2.75, 3.05) is 0 Å². The number of nitrogens with one attached hydrogen (secondary N) is 2. The Labute approximate surface area is 118 Å². The van der Waals surface area contributed by atoms with Crippen LogP contribution in [0, 0.1) is 13.8 Å². The summed E-state index contributed by atoms with van der Waals surface area (Å²) in [5, 5.41) is 5.70. The van der Waals surface area contributed by atoms with Crippen molar-refractivity contribution >= 4 is 6.03 Å². The summed E-state index contributed by atoms with van der Waals surface area (Å²) in [5.41, 5.74) is 1.96. The molecule has 2 amide bonds. The Hall–Kier alpha value is -2.30. The second-order valence-electron chi connectivity index (χ2n) is 4.78. The summed E-state index contributed by atoms with van der Waals surface area (Å²) in [6, 6.07) is 5.40. The van der Waals surface area contributed by atoms with E-state index < -0.39 is 0 Å². The average Bonchev–Trinajstić information content (AvgIpc) is 2.77. The zero-order chi connectivity index (χ0) is 14.5. The molecular formula is C15H19N3O2. The second-order valence-corrected chi connectivity index (χ2v) is 4.78. The third-order valence-corrected chi connectivity index (χ3v) is 3.07. The molecule has 2 rings (SSSR count). The molecule has 2 aromatic heterocycles. The summed E-state index contributed by atoms with van der Waals surface area (Å²) in [6.45, 7) is 6.18. The first-order valence-corrected chi connectivity index (χ1v) is 6.56. The fourth-order valence-corrected chi connectivity index (χ4v) is 2.09. The number of amides is 2. The number of urea groups is 1. The molecule has 0 aliphatic heterocycles. The molecule has 5 heteroatoms. The van der Waals surface area contributed by atoms with Gasteiger partial charge in [-0.2, -0.15) is 0 Å². The minimum Gasteiger partial charge on any atom is -0.466 e. The molecular weight excluding hydrogens is 254 g/mol. The minimum atomic E-state index is -0.209. The molecule has 2 N–H and O–H groups in total. The molecule has 0 saturated heterocycles. The Kier molecular flexibility index (Phi) is 4.40. The fourth-order valence-electron chi connectivity index (χ4n) is 2.09. The SMILES string of the molecule is Cc1cc([C@@H](C)NC(=O)NCc2cccnc2)c(C)o1. The maximum Gasteiger partial charge on any atom is 0.315 e. The Morgan fingerprint density at radius 3 is 2.85 bits per heavy atom. The molecule has 5 nitrogen and oxygen atoms in total. The Morgan fingerprint density at radius 1 is 1.45 bits per heavy atom. The van der Waals surface area contributed by atoms with Crippen molar-refractivity contribution in [2.24, 2.45) is 0 Å². The van der Waals surface area contributed by atoms with Crippen molar-refractivity contribution in [3.63, 3.8) is 0 Å². The monoisotopic (exact) mass is 273 g/mol. The van der Waals surface area contributed by atoms with Crippen molar-refractivity contribution in [3.05, 3.63) is 53.2 Å². The summed E-state index contributed by atoms with van der Waals surface area (Å²) in [5.74, 6) is 1.68. The van der Waals surface area contributed by atoms with Gasteiger partial charge in [0.25, 0.3) is 0 Å². The molecule has 0 aliphatic rings. The molecule has 1 atom stereocenters. The van der Waals surface area contributed by atoms with Gasteiger partial charge in [0.05, 0.1) is 6.04 Å². The van der Waals surface area contributed by atoms with Crippen LogP contribution in [0.2, 0.25) is 0 Å². The van der Waals surface area contributed by atoms with Crippen LogP contribution in [0.15, 0.2) is 35.0 Å². The number of aromatic nitrogens is 1. The first kappa shape index (κ1) is 14.1. The molecule has 2 heterocycles. The zero-order valence-electron chi connectivity index (χ0n) is 11.9. The van der Waals surface area contributed by atoms with Crippen LogP contribution in [0.4, 0.5) is 4.79 Å². The highest BCUT2D eigenvalue weighted by atomic mass is 16.3. The molecule has 0 aromatic carbocycles. The van der Waals surface area contributed by atoms with E-state index in [1.54, 1.807) is 12.4 Å². The molecule has 0 saturated carbocycles. The first-order valence-electron chi connectivity index (χ1n) is 6.56. The molecule has 0 fully saturated rings. The number of nitrogens with zero attached hydrogens (tertiary/aromatic N) is 1. The second kappa shape index (κ2) is 6.23. The molecule has 106 valence electrons. The highest BCUT2D eigenvalue weighted by molar-refractivity contribution is 5.74. The Morgan fingerprint density at radius 2 is 2.25 bits per heavy atom. The number of pyridine rings is 1. The third kappa shape index (κ3) is 3.60. The summed E-state index contributed by atoms with van der Waals surface area (Å²) >= 11 is 0. The van der Waals surface area contributed by atoms with Gasteiger partial charge in [-0.15, -0.1) is 0 Å². The van der Waals surface area contributed by atoms with Crippen molar-refractivity contribution in [1.82, 2.24) is 15.6 Å². The highest BCUT2D eigenvalue weighted by Gasteiger charge is 2.14. The topological polar surface area (TPSA) is 67.2 Å². The van der Waals surface area contributed by atoms with E-state index in [1.165, 1.54) is 0 Å². The molecule has 0 bridgehead atoms. The van der Waals surface area contributed by atoms with Crippen LogP contribution >= 0.6 is 0 Å². The van der Waals surface area contributed by atoms with Gasteiger partial charge in [0.15, 0.2) is 0 Å². The van der Waals surface area contributed by atoms with Crippen molar-refractivity contribution in [2.45, 2.75) is 33.4 Å². The molecule has 0 aliphatic carbocycles. The van der Waals surface area contributed by atoms with E-state index in [0.29, 0.717) is 6.54 Å². The Bertz CT molecular complexity index is 578. The van der Waals surface area contributed by atoms with E-state index in [2.05, 4.69) is 15.6 Å². The number of carbonyl (C=O) groups is 1. The zero-order valence-corrected chi connectivity index (χ0v) is 11.9. The van der Waals surface area contributed by atoms with Crippen molar-refractivity contribution in [1.29, 1.82) is 0 Å². The van der Waals surface area contributed by atoms with Crippen LogP contribution in [0.5, 0.6) is 0 Å². The van der Waals surface area contributed by atoms with Crippen LogP contribution in [-0.2, 0) is 6.54 Å². The van der Waals surface area contributed by atoms with E-state index >= 15 is 0 Å². The third-order valence-electron chi connectivity index (χ3n) is 3.07. The van der Waals surface area contributed by atoms with Gasteiger partial charge in [-0.3, -0.25) is 4.98 Å². The standard InChI is InChI=1S/C15H19N3O2/c1-10-7-14(12(3)20-10)11(2)18-15(19)17-9-13-5-4-6-16-8-13/h4-8,11H,9H2,1-3H3,(H2,17,18,19)/t11-/m1/s1. The maximum atomic E-state index is 11.8. The Balaban J connectivity index is 1.87. The van der Waals surface area contributed by atoms with Gasteiger partial charge in [-0.1, -0.05) is 6.07 Å². The lowest BCUT2D eigenvalue weighted by Gasteiger charge is -2.14. The van der Waals surface area contributed by atoms with Crippen LogP contribution in [0.25, 0.3) is 0 Å². The quantitative estimate of drug-likeness (QED) is 0.900. The van der Waals surface area contributed by atoms with Crippen LogP contribution < -0.4 is 10.6 Å². The summed E-state index contributed by atoms with van der Waals surface area (Å²) in [6.07, 6.45) is 3.43. The molecule has 0 radical (unpaired) electrons. The first-order chi connectivity index (χ1) is 9.56. The number of carbonyl (C=O) groups excluding carboxylic acids is 1. The summed E-state index contributed by atoms with van der Waals surface area (Å²) < 4.78 is 5.47. The van der Waals surface area contributed by atoms with Gasteiger partial charge in [0, 0.05) is 24.5 Å². The van der Waals surface area contributed by atoms with E-state index in [0.717, 1.165) is 22.6 Å². The number of hydrogen-bond donors (Lipinski definition) is 2. The predicted molar refractivity (Wildman–Crippen MR) is 76.2 cm³/mol. The predicted octanol–water partition coefficient (Wildman–Crippen LogP) is 2.85. The van der Waals surface area contributed by atoms with Crippen LogP contribution in [0.1, 0.15) is 35.6 Å². The van der Waals surface area contributed by atoms with Gasteiger partial charge < -0.3 is 15.1 Å². The number of aryl methyl sites for hydroxylation is 2. The average molecular weight is 273 g/mol. The summed E-state index contributed by atoms with van der Waals surface area (Å²) in [4.78, 5) is 15.8. The van der Waals surface area contributed by atoms with Gasteiger partial charge >= 0.3 is 6.03 Å². The van der Waals surface area contributed by atoms with E-state index in [1.807, 2.05) is 39.0 Å². The molecule has 0 spiro atoms. The number of furan rings is 1.